The van der Waals surface area contributed by atoms with Gasteiger partial charge < -0.3 is 63.1 Å². The highest BCUT2D eigenvalue weighted by Crippen LogP contribution is 2.17. The number of ether oxygens (including phenoxy) is 10. The number of alkyl carbamates (subject to hydrolysis) is 2. The summed E-state index contributed by atoms with van der Waals surface area (Å²) < 4.78 is 56.7. The lowest BCUT2D eigenvalue weighted by atomic mass is 10.2. The van der Waals surface area contributed by atoms with Gasteiger partial charge in [0, 0.05) is 0 Å². The van der Waals surface area contributed by atoms with Crippen LogP contribution in [0.2, 0.25) is 0 Å². The van der Waals surface area contributed by atoms with Crippen molar-refractivity contribution >= 4 is 24.1 Å². The summed E-state index contributed by atoms with van der Waals surface area (Å²) in [6.07, 6.45) is -3.95. The van der Waals surface area contributed by atoms with Gasteiger partial charge in [0.1, 0.15) is 44.2 Å². The minimum Gasteiger partial charge on any atom is -0.467 e. The van der Waals surface area contributed by atoms with Crippen LogP contribution in [0, 0.1) is 0 Å². The molecule has 6 aromatic carbocycles. The molecule has 76 heavy (non-hydrogen) atoms. The molecule has 17 nitrogen and oxygen atoms in total. The molecule has 1 saturated heterocycles. The van der Waals surface area contributed by atoms with Crippen LogP contribution in [-0.4, -0.2) is 112 Å². The lowest BCUT2D eigenvalue weighted by molar-refractivity contribution is -0.156. The van der Waals surface area contributed by atoms with Crippen LogP contribution < -0.4 is 10.6 Å². The molecule has 0 radical (unpaired) electrons. The molecule has 1 aliphatic rings. The van der Waals surface area contributed by atoms with Crippen molar-refractivity contribution in [2.24, 2.45) is 0 Å². The summed E-state index contributed by atoms with van der Waals surface area (Å²) in [5.74, 6) is -1.32. The molecule has 1 heterocycles. The highest BCUT2D eigenvalue weighted by Gasteiger charge is 2.32. The fraction of sp³-hybridized carbons (Fsp3) is 0.322. The van der Waals surface area contributed by atoms with Crippen molar-refractivity contribution in [2.45, 2.75) is 76.1 Å². The number of cyclic esters (lactones) is 1. The summed E-state index contributed by atoms with van der Waals surface area (Å²) in [5.41, 5.74) is 5.52. The number of hydrogen-bond acceptors (Lipinski definition) is 15. The molecule has 17 heteroatoms. The Hall–Kier alpha value is -7.48. The number of aliphatic hydroxyl groups is 1. The van der Waals surface area contributed by atoms with Gasteiger partial charge in [-0.25, -0.2) is 19.2 Å². The average molecular weight is 1040 g/mol. The van der Waals surface area contributed by atoms with E-state index >= 15 is 0 Å². The molecule has 6 atom stereocenters. The van der Waals surface area contributed by atoms with E-state index in [1.165, 1.54) is 7.11 Å². The Morgan fingerprint density at radius 2 is 0.934 bits per heavy atom. The van der Waals surface area contributed by atoms with Crippen LogP contribution in [0.4, 0.5) is 9.59 Å². The third kappa shape index (κ3) is 21.4. The molecule has 7 rings (SSSR count). The minimum absolute atomic E-state index is 0.0128. The number of carbonyl (C=O) groups excluding carboxylic acids is 4. The summed E-state index contributed by atoms with van der Waals surface area (Å²) in [4.78, 5) is 49.7. The van der Waals surface area contributed by atoms with E-state index in [0.717, 1.165) is 33.4 Å². The molecular formula is C59H66N2O15. The van der Waals surface area contributed by atoms with Crippen LogP contribution in [0.15, 0.2) is 182 Å². The molecule has 0 aromatic heterocycles. The van der Waals surface area contributed by atoms with Crippen LogP contribution in [0.1, 0.15) is 33.4 Å². The van der Waals surface area contributed by atoms with Gasteiger partial charge >= 0.3 is 24.1 Å². The second kappa shape index (κ2) is 33.4. The lowest BCUT2D eigenvalue weighted by Gasteiger charge is -2.27. The number of rotatable bonds is 25. The fourth-order valence-electron chi connectivity index (χ4n) is 7.34. The summed E-state index contributed by atoms with van der Waals surface area (Å²) >= 11 is 0. The van der Waals surface area contributed by atoms with Crippen molar-refractivity contribution in [3.8, 4) is 0 Å². The molecule has 0 saturated carbocycles. The van der Waals surface area contributed by atoms with Crippen molar-refractivity contribution < 1.29 is 71.7 Å². The van der Waals surface area contributed by atoms with E-state index in [2.05, 4.69) is 10.6 Å². The number of esters is 2. The predicted molar refractivity (Wildman–Crippen MR) is 279 cm³/mol. The van der Waals surface area contributed by atoms with Gasteiger partial charge in [0.15, 0.2) is 12.1 Å². The molecular weight excluding hydrogens is 977 g/mol. The number of carbonyl (C=O) groups is 4. The topological polar surface area (TPSA) is 205 Å². The molecule has 0 bridgehead atoms. The zero-order valence-corrected chi connectivity index (χ0v) is 42.4. The maximum Gasteiger partial charge on any atom is 0.408 e. The zero-order valence-electron chi connectivity index (χ0n) is 42.4. The maximum atomic E-state index is 12.8. The van der Waals surface area contributed by atoms with Gasteiger partial charge in [-0.1, -0.05) is 182 Å². The largest absolute Gasteiger partial charge is 0.467 e. The van der Waals surface area contributed by atoms with Crippen molar-refractivity contribution in [3.63, 3.8) is 0 Å². The van der Waals surface area contributed by atoms with Crippen molar-refractivity contribution in [3.05, 3.63) is 215 Å². The number of nitrogens with one attached hydrogen (secondary N) is 2. The molecule has 6 aromatic rings. The van der Waals surface area contributed by atoms with E-state index in [1.54, 1.807) is 0 Å². The van der Waals surface area contributed by atoms with Crippen LogP contribution in [-0.2, 0) is 96.6 Å². The van der Waals surface area contributed by atoms with E-state index < -0.39 is 60.6 Å². The molecule has 1 aliphatic heterocycles. The number of aliphatic hydroxyl groups excluding tert-OH is 1. The van der Waals surface area contributed by atoms with Crippen LogP contribution in [0.5, 0.6) is 0 Å². The number of methoxy groups -OCH3 is 1. The van der Waals surface area contributed by atoms with Crippen molar-refractivity contribution in [2.75, 3.05) is 46.8 Å². The Morgan fingerprint density at radius 1 is 0.526 bits per heavy atom. The quantitative estimate of drug-likeness (QED) is 0.0372. The Balaban J connectivity index is 0.000000247. The number of hydrogen-bond donors (Lipinski definition) is 3. The molecule has 3 N–H and O–H groups in total. The summed E-state index contributed by atoms with van der Waals surface area (Å²) in [5, 5.41) is 15.1. The van der Waals surface area contributed by atoms with Gasteiger partial charge in [-0.2, -0.15) is 0 Å². The molecule has 2 amide bonds. The van der Waals surface area contributed by atoms with E-state index in [-0.39, 0.29) is 66.1 Å². The molecule has 0 unspecified atom stereocenters. The predicted octanol–water partition coefficient (Wildman–Crippen LogP) is 7.66. The lowest BCUT2D eigenvalue weighted by Crippen LogP contribution is -2.46. The first-order valence-electron chi connectivity index (χ1n) is 24.8. The minimum atomic E-state index is -1.11. The molecule has 402 valence electrons. The van der Waals surface area contributed by atoms with Gasteiger partial charge in [0.05, 0.1) is 66.6 Å². The average Bonchev–Trinajstić information content (AvgIpc) is 3.53. The summed E-state index contributed by atoms with van der Waals surface area (Å²) in [6.45, 7) is 0.844. The monoisotopic (exact) mass is 1040 g/mol. The normalized spacial score (nSPS) is 16.6. The Labute approximate surface area is 443 Å². The van der Waals surface area contributed by atoms with Gasteiger partial charge in [-0.15, -0.1) is 0 Å². The van der Waals surface area contributed by atoms with Gasteiger partial charge in [-0.05, 0) is 33.4 Å². The summed E-state index contributed by atoms with van der Waals surface area (Å²) in [6, 6.07) is 54.9. The van der Waals surface area contributed by atoms with E-state index in [1.807, 2.05) is 182 Å². The fourth-order valence-corrected chi connectivity index (χ4v) is 7.34. The van der Waals surface area contributed by atoms with Crippen LogP contribution >= 0.6 is 0 Å². The number of benzene rings is 6. The Bertz CT molecular complexity index is 2550. The Morgan fingerprint density at radius 3 is 1.38 bits per heavy atom. The third-order valence-electron chi connectivity index (χ3n) is 11.5. The SMILES string of the molecule is COC(=O)[C@H](COC[C@H](OCc1ccccc1)[C@H](CO)OCc1ccccc1)NC(=O)OCc1ccccc1.O=C(N[C@H]1COC[C@H](OCc2ccccc2)[C@@H](OCc2ccccc2)COC1=O)OCc1ccccc1. The van der Waals surface area contributed by atoms with Crippen molar-refractivity contribution in [1.82, 2.24) is 10.6 Å². The zero-order chi connectivity index (χ0) is 53.4. The first-order valence-corrected chi connectivity index (χ1v) is 24.8. The van der Waals surface area contributed by atoms with Gasteiger partial charge in [0.25, 0.3) is 0 Å². The first-order chi connectivity index (χ1) is 37.3. The maximum absolute atomic E-state index is 12.8. The van der Waals surface area contributed by atoms with Gasteiger partial charge in [-0.3, -0.25) is 0 Å². The van der Waals surface area contributed by atoms with E-state index in [9.17, 15) is 24.3 Å². The van der Waals surface area contributed by atoms with E-state index in [4.69, 9.17) is 47.4 Å². The van der Waals surface area contributed by atoms with Crippen molar-refractivity contribution in [1.29, 1.82) is 0 Å². The van der Waals surface area contributed by atoms with E-state index in [0.29, 0.717) is 13.2 Å². The standard InChI is InChI=1S/C30H35NO8.C29H31NO7/c1-35-29(33)26(31-30(34)39-20-25-15-9-4-10-16-25)21-36-22-28(38-19-24-13-7-3-8-14-24)27(17-32)37-18-23-11-5-2-6-12-23;31-28-25(30-29(32)37-18-24-14-8-3-9-15-24)19-33-20-26(34-16-22-10-4-1-5-11-22)27(21-36-28)35-17-23-12-6-2-7-13-23/h2-16,26-28,32H,17-22H2,1H3,(H,31,34);1-15,25-27H,16-21H2,(H,30,32)/t26-,27-,28-;25-,26-,27-/m00/s1. The smallest absolute Gasteiger partial charge is 0.408 e. The molecule has 0 aliphatic carbocycles. The highest BCUT2D eigenvalue weighted by atomic mass is 16.6. The van der Waals surface area contributed by atoms with Crippen LogP contribution in [0.3, 0.4) is 0 Å². The van der Waals surface area contributed by atoms with Gasteiger partial charge in [0.2, 0.25) is 0 Å². The van der Waals surface area contributed by atoms with Crippen LogP contribution in [0.25, 0.3) is 0 Å². The number of amides is 2. The highest BCUT2D eigenvalue weighted by molar-refractivity contribution is 5.82. The second-order valence-corrected chi connectivity index (χ2v) is 17.3. The Kier molecular flexibility index (Phi) is 25.4. The molecule has 1 fully saturated rings. The summed E-state index contributed by atoms with van der Waals surface area (Å²) in [7, 11) is 1.22. The first kappa shape index (κ1) is 57.8. The molecule has 0 spiro atoms. The third-order valence-corrected chi connectivity index (χ3v) is 11.5. The second-order valence-electron chi connectivity index (χ2n) is 17.3.